The second-order valence-electron chi connectivity index (χ2n) is 8.70. The zero-order valence-corrected chi connectivity index (χ0v) is 19.0. The maximum Gasteiger partial charge on any atom is 0.265 e. The van der Waals surface area contributed by atoms with Gasteiger partial charge < -0.3 is 29.3 Å². The number of piperidine rings is 1. The number of Topliss-reactive ketones (excluding diaryl/α,β-unsaturated/α-hetero) is 1. The number of anilines is 2. The summed E-state index contributed by atoms with van der Waals surface area (Å²) in [4.78, 5) is 42.0. The van der Waals surface area contributed by atoms with Crippen LogP contribution in [0.15, 0.2) is 36.4 Å². The zero-order chi connectivity index (χ0) is 23.7. The normalized spacial score (nSPS) is 18.7. The number of ketones is 1. The number of carbonyl (C=O) groups excluding carboxylic acids is 3. The van der Waals surface area contributed by atoms with E-state index in [1.807, 2.05) is 34.1 Å². The van der Waals surface area contributed by atoms with E-state index in [1.165, 1.54) is 6.92 Å². The molecule has 5 rings (SSSR count). The van der Waals surface area contributed by atoms with Gasteiger partial charge in [0.2, 0.25) is 12.7 Å². The molecule has 0 aromatic heterocycles. The first-order chi connectivity index (χ1) is 16.5. The van der Waals surface area contributed by atoms with Gasteiger partial charge >= 0.3 is 0 Å². The number of nitrogens with one attached hydrogen (secondary N) is 1. The highest BCUT2D eigenvalue weighted by atomic mass is 16.7. The van der Waals surface area contributed by atoms with Crippen LogP contribution in [0, 0.1) is 0 Å². The number of hydrogen-bond acceptors (Lipinski definition) is 7. The summed E-state index contributed by atoms with van der Waals surface area (Å²) in [6.07, 6.45) is 2.44. The van der Waals surface area contributed by atoms with Crippen molar-refractivity contribution in [3.05, 3.63) is 42.0 Å². The zero-order valence-electron chi connectivity index (χ0n) is 19.0. The Morgan fingerprint density at radius 1 is 1.00 bits per heavy atom. The molecule has 1 atom stereocenters. The van der Waals surface area contributed by atoms with Crippen LogP contribution in [0.25, 0.3) is 0 Å². The van der Waals surface area contributed by atoms with Gasteiger partial charge in [-0.25, -0.2) is 0 Å². The number of hydrogen-bond donors (Lipinski definition) is 1. The van der Waals surface area contributed by atoms with Gasteiger partial charge in [-0.05, 0) is 44.4 Å². The standard InChI is InChI=1S/C25H27N3O6/c1-16(29)17-11-21-22(33-15-32-21)12-18(17)26-24(30)14-28-13-23(25(31)27-9-5-2-6-10-27)34-20-8-4-3-7-19(20)28/h3-4,7-8,11-12,23H,2,5-6,9-10,13-15H2,1H3,(H,26,30)/t23-/m0/s1. The van der Waals surface area contributed by atoms with Crippen LogP contribution in [0.1, 0.15) is 36.5 Å². The lowest BCUT2D eigenvalue weighted by molar-refractivity contribution is -0.139. The van der Waals surface area contributed by atoms with Crippen molar-refractivity contribution >= 4 is 29.0 Å². The number of nitrogens with zero attached hydrogens (tertiary/aromatic N) is 2. The van der Waals surface area contributed by atoms with E-state index in [-0.39, 0.29) is 37.5 Å². The molecule has 0 saturated carbocycles. The van der Waals surface area contributed by atoms with E-state index in [2.05, 4.69) is 5.32 Å². The molecule has 0 radical (unpaired) electrons. The average Bonchev–Trinajstić information content (AvgIpc) is 3.31. The molecule has 9 nitrogen and oxygen atoms in total. The Hall–Kier alpha value is -3.75. The molecule has 2 aromatic carbocycles. The lowest BCUT2D eigenvalue weighted by Gasteiger charge is -2.38. The van der Waals surface area contributed by atoms with Gasteiger partial charge in [0.25, 0.3) is 5.91 Å². The average molecular weight is 466 g/mol. The summed E-state index contributed by atoms with van der Waals surface area (Å²) in [7, 11) is 0. The minimum atomic E-state index is -0.681. The molecule has 1 N–H and O–H groups in total. The predicted molar refractivity (Wildman–Crippen MR) is 125 cm³/mol. The molecule has 1 saturated heterocycles. The summed E-state index contributed by atoms with van der Waals surface area (Å²) in [5.74, 6) is 0.965. The van der Waals surface area contributed by atoms with Gasteiger partial charge in [0.1, 0.15) is 5.75 Å². The topological polar surface area (TPSA) is 97.4 Å². The first-order valence-corrected chi connectivity index (χ1v) is 11.5. The molecule has 0 unspecified atom stereocenters. The van der Waals surface area contributed by atoms with E-state index in [9.17, 15) is 14.4 Å². The van der Waals surface area contributed by atoms with E-state index in [0.29, 0.717) is 28.5 Å². The van der Waals surface area contributed by atoms with Crippen molar-refractivity contribution in [3.63, 3.8) is 0 Å². The SMILES string of the molecule is CC(=O)c1cc2c(cc1NC(=O)CN1C[C@@H](C(=O)N3CCCCC3)Oc3ccccc31)OCO2. The largest absolute Gasteiger partial charge is 0.477 e. The van der Waals surface area contributed by atoms with Gasteiger partial charge in [0.15, 0.2) is 23.4 Å². The Labute approximate surface area is 197 Å². The highest BCUT2D eigenvalue weighted by molar-refractivity contribution is 6.05. The third-order valence-electron chi connectivity index (χ3n) is 6.31. The van der Waals surface area contributed by atoms with Crippen LogP contribution in [0.2, 0.25) is 0 Å². The number of benzene rings is 2. The first-order valence-electron chi connectivity index (χ1n) is 11.5. The van der Waals surface area contributed by atoms with Gasteiger partial charge in [-0.15, -0.1) is 0 Å². The van der Waals surface area contributed by atoms with Crippen LogP contribution in [0.5, 0.6) is 17.2 Å². The summed E-state index contributed by atoms with van der Waals surface area (Å²) in [6.45, 7) is 3.23. The van der Waals surface area contributed by atoms with Gasteiger partial charge in [0, 0.05) is 24.7 Å². The smallest absolute Gasteiger partial charge is 0.265 e. The summed E-state index contributed by atoms with van der Waals surface area (Å²) in [5.41, 5.74) is 1.46. The Bertz CT molecular complexity index is 1130. The van der Waals surface area contributed by atoms with Crippen LogP contribution in [0.4, 0.5) is 11.4 Å². The fourth-order valence-electron chi connectivity index (χ4n) is 4.60. The molecule has 0 aliphatic carbocycles. The summed E-state index contributed by atoms with van der Waals surface area (Å²) < 4.78 is 16.8. The number of likely N-dealkylation sites (tertiary alicyclic amines) is 1. The predicted octanol–water partition coefficient (Wildman–Crippen LogP) is 2.84. The molecular weight excluding hydrogens is 438 g/mol. The monoisotopic (exact) mass is 465 g/mol. The number of para-hydroxylation sites is 2. The van der Waals surface area contributed by atoms with Crippen molar-refractivity contribution in [1.82, 2.24) is 4.90 Å². The van der Waals surface area contributed by atoms with E-state index in [1.54, 1.807) is 12.1 Å². The van der Waals surface area contributed by atoms with Crippen molar-refractivity contribution in [2.75, 3.05) is 43.2 Å². The van der Waals surface area contributed by atoms with Crippen LogP contribution < -0.4 is 24.4 Å². The Kier molecular flexibility index (Phi) is 6.00. The van der Waals surface area contributed by atoms with Crippen LogP contribution in [-0.2, 0) is 9.59 Å². The van der Waals surface area contributed by atoms with Gasteiger partial charge in [-0.2, -0.15) is 0 Å². The highest BCUT2D eigenvalue weighted by Crippen LogP contribution is 2.38. The van der Waals surface area contributed by atoms with Gasteiger partial charge in [-0.3, -0.25) is 14.4 Å². The second kappa shape index (κ2) is 9.24. The Morgan fingerprint density at radius 2 is 1.74 bits per heavy atom. The summed E-state index contributed by atoms with van der Waals surface area (Å²) in [6, 6.07) is 10.6. The molecule has 34 heavy (non-hydrogen) atoms. The van der Waals surface area contributed by atoms with Gasteiger partial charge in [0.05, 0.1) is 24.5 Å². The van der Waals surface area contributed by atoms with Crippen LogP contribution in [0.3, 0.4) is 0 Å². The summed E-state index contributed by atoms with van der Waals surface area (Å²) >= 11 is 0. The molecule has 178 valence electrons. The number of fused-ring (bicyclic) bond motifs is 2. The van der Waals surface area contributed by atoms with Crippen LogP contribution in [-0.4, -0.2) is 61.6 Å². The Balaban J connectivity index is 1.34. The minimum Gasteiger partial charge on any atom is -0.477 e. The molecular formula is C25H27N3O6. The van der Waals surface area contributed by atoms with Crippen LogP contribution >= 0.6 is 0 Å². The van der Waals surface area contributed by atoms with Crippen molar-refractivity contribution in [3.8, 4) is 17.2 Å². The molecule has 0 spiro atoms. The van der Waals surface area contributed by atoms with E-state index in [0.717, 1.165) is 38.0 Å². The van der Waals surface area contributed by atoms with E-state index in [4.69, 9.17) is 14.2 Å². The lowest BCUT2D eigenvalue weighted by Crippen LogP contribution is -2.52. The number of ether oxygens (including phenoxy) is 3. The second-order valence-corrected chi connectivity index (χ2v) is 8.70. The van der Waals surface area contributed by atoms with Crippen molar-refractivity contribution in [2.24, 2.45) is 0 Å². The molecule has 3 aliphatic heterocycles. The molecule has 2 aromatic rings. The maximum absolute atomic E-state index is 13.1. The number of amides is 2. The maximum atomic E-state index is 13.1. The third-order valence-corrected chi connectivity index (χ3v) is 6.31. The first kappa shape index (κ1) is 22.1. The van der Waals surface area contributed by atoms with Crippen molar-refractivity contribution in [1.29, 1.82) is 0 Å². The number of carbonyl (C=O) groups is 3. The molecule has 9 heteroatoms. The fourth-order valence-corrected chi connectivity index (χ4v) is 4.60. The Morgan fingerprint density at radius 3 is 2.50 bits per heavy atom. The lowest BCUT2D eigenvalue weighted by atomic mass is 10.1. The van der Waals surface area contributed by atoms with E-state index < -0.39 is 6.10 Å². The molecule has 1 fully saturated rings. The molecule has 3 aliphatic rings. The van der Waals surface area contributed by atoms with Crippen molar-refractivity contribution < 1.29 is 28.6 Å². The molecule has 0 bridgehead atoms. The summed E-state index contributed by atoms with van der Waals surface area (Å²) in [5, 5.41) is 2.83. The van der Waals surface area contributed by atoms with E-state index >= 15 is 0 Å². The highest BCUT2D eigenvalue weighted by Gasteiger charge is 2.34. The molecule has 3 heterocycles. The fraction of sp³-hybridized carbons (Fsp3) is 0.400. The van der Waals surface area contributed by atoms with Gasteiger partial charge in [-0.1, -0.05) is 12.1 Å². The number of rotatable bonds is 5. The minimum absolute atomic E-state index is 0.00403. The quantitative estimate of drug-likeness (QED) is 0.678. The molecule has 2 amide bonds. The van der Waals surface area contributed by atoms with Crippen molar-refractivity contribution in [2.45, 2.75) is 32.3 Å². The third kappa shape index (κ3) is 4.37.